The number of rotatable bonds is 6. The van der Waals surface area contributed by atoms with Crippen LogP contribution >= 0.6 is 23.1 Å². The van der Waals surface area contributed by atoms with Crippen LogP contribution in [0.15, 0.2) is 11.1 Å². The summed E-state index contributed by atoms with van der Waals surface area (Å²) in [6.07, 6.45) is 2.46. The Kier molecular flexibility index (Phi) is 4.83. The molecule has 0 aliphatic rings. The summed E-state index contributed by atoms with van der Waals surface area (Å²) < 4.78 is 0. The van der Waals surface area contributed by atoms with Gasteiger partial charge >= 0.3 is 0 Å². The lowest BCUT2D eigenvalue weighted by atomic mass is 10.4. The Hall–Kier alpha value is -0.810. The third kappa shape index (κ3) is 3.14. The van der Waals surface area contributed by atoms with Gasteiger partial charge in [0.1, 0.15) is 9.86 Å². The standard InChI is InChI=1S/C13H19N3S2/c1-4-6-7-17-11-10-8-9(3)18-12(10)16-13(15-11)14-5-2/h8H,4-7H2,1-3H3,(H,14,15,16). The molecule has 0 bridgehead atoms. The number of thiophene rings is 1. The largest absolute Gasteiger partial charge is 0.354 e. The molecule has 0 spiro atoms. The fourth-order valence-electron chi connectivity index (χ4n) is 1.68. The number of thioether (sulfide) groups is 1. The van der Waals surface area contributed by atoms with Gasteiger partial charge < -0.3 is 5.32 Å². The molecule has 0 unspecified atom stereocenters. The van der Waals surface area contributed by atoms with E-state index in [1.165, 1.54) is 23.1 Å². The van der Waals surface area contributed by atoms with Crippen LogP contribution in [-0.2, 0) is 0 Å². The molecule has 5 heteroatoms. The van der Waals surface area contributed by atoms with Crippen LogP contribution in [0.3, 0.4) is 0 Å². The lowest BCUT2D eigenvalue weighted by Gasteiger charge is -2.06. The third-order valence-corrected chi connectivity index (χ3v) is 4.57. The van der Waals surface area contributed by atoms with Crippen LogP contribution in [0.4, 0.5) is 5.95 Å². The van der Waals surface area contributed by atoms with Crippen molar-refractivity contribution >= 4 is 39.3 Å². The molecule has 98 valence electrons. The zero-order valence-corrected chi connectivity index (χ0v) is 12.7. The van der Waals surface area contributed by atoms with Crippen LogP contribution in [-0.4, -0.2) is 22.3 Å². The van der Waals surface area contributed by atoms with E-state index < -0.39 is 0 Å². The first-order valence-corrected chi connectivity index (χ1v) is 8.19. The summed E-state index contributed by atoms with van der Waals surface area (Å²) in [7, 11) is 0. The Morgan fingerprint density at radius 1 is 1.33 bits per heavy atom. The molecule has 0 radical (unpaired) electrons. The Labute approximate surface area is 116 Å². The maximum absolute atomic E-state index is 4.62. The number of hydrogen-bond acceptors (Lipinski definition) is 5. The highest BCUT2D eigenvalue weighted by atomic mass is 32.2. The average molecular weight is 281 g/mol. The van der Waals surface area contributed by atoms with Crippen LogP contribution in [0, 0.1) is 6.92 Å². The van der Waals surface area contributed by atoms with Crippen molar-refractivity contribution in [3.8, 4) is 0 Å². The van der Waals surface area contributed by atoms with Gasteiger partial charge in [-0.3, -0.25) is 0 Å². The van der Waals surface area contributed by atoms with Gasteiger partial charge in [0, 0.05) is 16.8 Å². The number of aromatic nitrogens is 2. The Bertz CT molecular complexity index is 522. The van der Waals surface area contributed by atoms with E-state index in [1.807, 2.05) is 11.8 Å². The van der Waals surface area contributed by atoms with Crippen LogP contribution < -0.4 is 5.32 Å². The van der Waals surface area contributed by atoms with Crippen molar-refractivity contribution in [3.63, 3.8) is 0 Å². The van der Waals surface area contributed by atoms with Gasteiger partial charge in [-0.15, -0.1) is 23.1 Å². The monoisotopic (exact) mass is 281 g/mol. The molecule has 0 aromatic carbocycles. The second-order valence-electron chi connectivity index (χ2n) is 4.16. The maximum atomic E-state index is 4.62. The molecule has 0 amide bonds. The first kappa shape index (κ1) is 13.6. The highest BCUT2D eigenvalue weighted by Gasteiger charge is 2.10. The van der Waals surface area contributed by atoms with E-state index in [0.717, 1.165) is 28.1 Å². The molecule has 0 fully saturated rings. The minimum atomic E-state index is 0.755. The highest BCUT2D eigenvalue weighted by Crippen LogP contribution is 2.32. The van der Waals surface area contributed by atoms with E-state index in [1.54, 1.807) is 11.3 Å². The molecule has 2 aromatic heterocycles. The number of nitrogens with one attached hydrogen (secondary N) is 1. The van der Waals surface area contributed by atoms with E-state index in [2.05, 4.69) is 42.1 Å². The quantitative estimate of drug-likeness (QED) is 0.486. The van der Waals surface area contributed by atoms with Crippen LogP contribution in [0.25, 0.3) is 10.2 Å². The Morgan fingerprint density at radius 2 is 2.17 bits per heavy atom. The van der Waals surface area contributed by atoms with Crippen molar-refractivity contribution in [2.24, 2.45) is 0 Å². The van der Waals surface area contributed by atoms with Crippen molar-refractivity contribution in [2.75, 3.05) is 17.6 Å². The lowest BCUT2D eigenvalue weighted by molar-refractivity contribution is 0.895. The van der Waals surface area contributed by atoms with Crippen LogP contribution in [0.1, 0.15) is 31.6 Å². The predicted molar refractivity (Wildman–Crippen MR) is 81.9 cm³/mol. The zero-order valence-electron chi connectivity index (χ0n) is 11.1. The molecule has 2 aromatic rings. The third-order valence-electron chi connectivity index (χ3n) is 2.55. The molecular formula is C13H19N3S2. The molecule has 2 rings (SSSR count). The van der Waals surface area contributed by atoms with Crippen molar-refractivity contribution in [1.82, 2.24) is 9.97 Å². The molecule has 18 heavy (non-hydrogen) atoms. The van der Waals surface area contributed by atoms with Crippen LogP contribution in [0.5, 0.6) is 0 Å². The molecule has 3 nitrogen and oxygen atoms in total. The molecule has 2 heterocycles. The van der Waals surface area contributed by atoms with Crippen molar-refractivity contribution in [3.05, 3.63) is 10.9 Å². The number of aryl methyl sites for hydroxylation is 1. The fourth-order valence-corrected chi connectivity index (χ4v) is 3.71. The normalized spacial score (nSPS) is 11.1. The Balaban J connectivity index is 2.33. The van der Waals surface area contributed by atoms with Gasteiger partial charge in [0.15, 0.2) is 0 Å². The van der Waals surface area contributed by atoms with E-state index in [4.69, 9.17) is 0 Å². The predicted octanol–water partition coefficient (Wildman–Crippen LogP) is 4.32. The van der Waals surface area contributed by atoms with Gasteiger partial charge in [0.2, 0.25) is 5.95 Å². The zero-order chi connectivity index (χ0) is 13.0. The summed E-state index contributed by atoms with van der Waals surface area (Å²) in [5, 5.41) is 5.54. The average Bonchev–Trinajstić information content (AvgIpc) is 2.70. The van der Waals surface area contributed by atoms with Crippen molar-refractivity contribution in [1.29, 1.82) is 0 Å². The Morgan fingerprint density at radius 3 is 2.89 bits per heavy atom. The highest BCUT2D eigenvalue weighted by molar-refractivity contribution is 7.99. The SMILES string of the molecule is CCCCSc1nc(NCC)nc2sc(C)cc12. The second kappa shape index (κ2) is 6.38. The van der Waals surface area contributed by atoms with E-state index in [-0.39, 0.29) is 0 Å². The summed E-state index contributed by atoms with van der Waals surface area (Å²) in [6, 6.07) is 2.20. The summed E-state index contributed by atoms with van der Waals surface area (Å²) in [5.41, 5.74) is 0. The van der Waals surface area contributed by atoms with Gasteiger partial charge in [-0.1, -0.05) is 13.3 Å². The maximum Gasteiger partial charge on any atom is 0.225 e. The number of hydrogen-bond donors (Lipinski definition) is 1. The van der Waals surface area contributed by atoms with E-state index >= 15 is 0 Å². The summed E-state index contributed by atoms with van der Waals surface area (Å²) in [5.74, 6) is 1.88. The number of nitrogens with zero attached hydrogens (tertiary/aromatic N) is 2. The minimum Gasteiger partial charge on any atom is -0.354 e. The van der Waals surface area contributed by atoms with Gasteiger partial charge in [-0.2, -0.15) is 0 Å². The van der Waals surface area contributed by atoms with Gasteiger partial charge in [0.05, 0.1) is 0 Å². The fraction of sp³-hybridized carbons (Fsp3) is 0.538. The topological polar surface area (TPSA) is 37.8 Å². The number of unbranched alkanes of at least 4 members (excludes halogenated alkanes) is 1. The van der Waals surface area contributed by atoms with E-state index in [9.17, 15) is 0 Å². The summed E-state index contributed by atoms with van der Waals surface area (Å²) in [4.78, 5) is 11.6. The van der Waals surface area contributed by atoms with Crippen molar-refractivity contribution < 1.29 is 0 Å². The first-order valence-electron chi connectivity index (χ1n) is 6.39. The first-order chi connectivity index (χ1) is 8.74. The molecule has 0 saturated heterocycles. The van der Waals surface area contributed by atoms with Gasteiger partial charge in [0.25, 0.3) is 0 Å². The lowest BCUT2D eigenvalue weighted by Crippen LogP contribution is -2.02. The molecule has 1 N–H and O–H groups in total. The molecule has 0 aliphatic carbocycles. The van der Waals surface area contributed by atoms with Crippen LogP contribution in [0.2, 0.25) is 0 Å². The van der Waals surface area contributed by atoms with Gasteiger partial charge in [-0.25, -0.2) is 9.97 Å². The number of anilines is 1. The van der Waals surface area contributed by atoms with Crippen molar-refractivity contribution in [2.45, 2.75) is 38.6 Å². The minimum absolute atomic E-state index is 0.755. The van der Waals surface area contributed by atoms with E-state index in [0.29, 0.717) is 0 Å². The number of fused-ring (bicyclic) bond motifs is 1. The van der Waals surface area contributed by atoms with Gasteiger partial charge in [-0.05, 0) is 32.1 Å². The smallest absolute Gasteiger partial charge is 0.225 e. The molecule has 0 saturated carbocycles. The molecular weight excluding hydrogens is 262 g/mol. The summed E-state index contributed by atoms with van der Waals surface area (Å²) >= 11 is 3.58. The molecule has 0 atom stereocenters. The summed E-state index contributed by atoms with van der Waals surface area (Å²) in [6.45, 7) is 7.26. The second-order valence-corrected chi connectivity index (χ2v) is 6.48. The molecule has 0 aliphatic heterocycles.